The first-order chi connectivity index (χ1) is 11.1. The van der Waals surface area contributed by atoms with Gasteiger partial charge in [-0.3, -0.25) is 0 Å². The van der Waals surface area contributed by atoms with E-state index in [1.54, 1.807) is 23.5 Å². The van der Waals surface area contributed by atoms with Crippen molar-refractivity contribution in [3.63, 3.8) is 0 Å². The van der Waals surface area contributed by atoms with E-state index in [9.17, 15) is 9.18 Å². The summed E-state index contributed by atoms with van der Waals surface area (Å²) in [5.74, 6) is 0.102. The van der Waals surface area contributed by atoms with Crippen LogP contribution >= 0.6 is 11.3 Å². The van der Waals surface area contributed by atoms with Crippen LogP contribution in [0.15, 0.2) is 29.1 Å². The minimum Gasteiger partial charge on any atom is -0.331 e. The number of thiazole rings is 1. The largest absolute Gasteiger partial charge is 0.331 e. The van der Waals surface area contributed by atoms with Crippen LogP contribution in [0.2, 0.25) is 0 Å². The molecule has 0 radical (unpaired) electrons. The standard InChI is InChI=1S/C17H20FN3OS/c1-11-6-7-13-14(4-3-5-15(13)18)16(11)20-17(22)21(2)8-12-9-23-10-19-12/h3-5,9-11,16H,6-8H2,1-2H3,(H,20,22)/t11-,16-/m1/s1. The molecule has 1 aliphatic carbocycles. The Morgan fingerprint density at radius 3 is 3.09 bits per heavy atom. The van der Waals surface area contributed by atoms with Crippen molar-refractivity contribution in [2.24, 2.45) is 5.92 Å². The van der Waals surface area contributed by atoms with Gasteiger partial charge in [0, 0.05) is 12.4 Å². The number of benzene rings is 1. The highest BCUT2D eigenvalue weighted by Gasteiger charge is 2.30. The van der Waals surface area contributed by atoms with Crippen molar-refractivity contribution in [2.75, 3.05) is 7.05 Å². The summed E-state index contributed by atoms with van der Waals surface area (Å²) in [6.07, 6.45) is 1.60. The summed E-state index contributed by atoms with van der Waals surface area (Å²) in [7, 11) is 1.74. The van der Waals surface area contributed by atoms with E-state index < -0.39 is 0 Å². The van der Waals surface area contributed by atoms with Gasteiger partial charge in [0.15, 0.2) is 0 Å². The van der Waals surface area contributed by atoms with Crippen molar-refractivity contribution in [1.82, 2.24) is 15.2 Å². The molecule has 0 saturated heterocycles. The molecular formula is C17H20FN3OS. The van der Waals surface area contributed by atoms with Crippen LogP contribution in [0.1, 0.15) is 36.2 Å². The van der Waals surface area contributed by atoms with Gasteiger partial charge in [-0.15, -0.1) is 11.3 Å². The van der Waals surface area contributed by atoms with E-state index in [4.69, 9.17) is 0 Å². The predicted molar refractivity (Wildman–Crippen MR) is 88.7 cm³/mol. The molecule has 1 N–H and O–H groups in total. The van der Waals surface area contributed by atoms with E-state index in [0.717, 1.165) is 29.7 Å². The molecule has 3 rings (SSSR count). The van der Waals surface area contributed by atoms with E-state index in [2.05, 4.69) is 17.2 Å². The zero-order valence-electron chi connectivity index (χ0n) is 13.3. The Balaban J connectivity index is 1.74. The number of carbonyl (C=O) groups is 1. The van der Waals surface area contributed by atoms with Gasteiger partial charge in [0.1, 0.15) is 5.82 Å². The quantitative estimate of drug-likeness (QED) is 0.930. The van der Waals surface area contributed by atoms with Gasteiger partial charge in [-0.05, 0) is 36.0 Å². The lowest BCUT2D eigenvalue weighted by atomic mass is 9.80. The van der Waals surface area contributed by atoms with Crippen LogP contribution in [-0.4, -0.2) is 23.0 Å². The minimum atomic E-state index is -0.176. The summed E-state index contributed by atoms with van der Waals surface area (Å²) in [5, 5.41) is 4.99. The monoisotopic (exact) mass is 333 g/mol. The number of nitrogens with one attached hydrogen (secondary N) is 1. The normalized spacial score (nSPS) is 20.0. The highest BCUT2D eigenvalue weighted by Crippen LogP contribution is 2.35. The number of nitrogens with zero attached hydrogens (tertiary/aromatic N) is 2. The van der Waals surface area contributed by atoms with E-state index in [1.807, 2.05) is 11.4 Å². The van der Waals surface area contributed by atoms with Crippen molar-refractivity contribution in [1.29, 1.82) is 0 Å². The summed E-state index contributed by atoms with van der Waals surface area (Å²) >= 11 is 1.51. The van der Waals surface area contributed by atoms with Crippen molar-refractivity contribution in [2.45, 2.75) is 32.4 Å². The SMILES string of the molecule is C[C@@H]1CCc2c(F)cccc2[C@@H]1NC(=O)N(C)Cc1cscn1. The maximum absolute atomic E-state index is 14.0. The van der Waals surface area contributed by atoms with Crippen LogP contribution in [0.5, 0.6) is 0 Å². The Labute approximate surface area is 139 Å². The van der Waals surface area contributed by atoms with Crippen LogP contribution in [-0.2, 0) is 13.0 Å². The second kappa shape index (κ2) is 6.66. The first-order valence-electron chi connectivity index (χ1n) is 7.72. The molecule has 0 saturated carbocycles. The highest BCUT2D eigenvalue weighted by atomic mass is 32.1. The van der Waals surface area contributed by atoms with Crippen LogP contribution in [0.4, 0.5) is 9.18 Å². The average Bonchev–Trinajstić information content (AvgIpc) is 3.03. The molecule has 6 heteroatoms. The third kappa shape index (κ3) is 3.37. The summed E-state index contributed by atoms with van der Waals surface area (Å²) in [5.41, 5.74) is 4.26. The summed E-state index contributed by atoms with van der Waals surface area (Å²) in [4.78, 5) is 18.3. The molecule has 2 amide bonds. The van der Waals surface area contributed by atoms with Gasteiger partial charge in [-0.1, -0.05) is 19.1 Å². The van der Waals surface area contributed by atoms with E-state index >= 15 is 0 Å². The number of halogens is 1. The second-order valence-corrected chi connectivity index (χ2v) is 6.81. The van der Waals surface area contributed by atoms with E-state index in [1.165, 1.54) is 17.4 Å². The molecule has 0 spiro atoms. The first kappa shape index (κ1) is 15.9. The zero-order valence-corrected chi connectivity index (χ0v) is 14.1. The topological polar surface area (TPSA) is 45.2 Å². The smallest absolute Gasteiger partial charge is 0.317 e. The van der Waals surface area contributed by atoms with Crippen LogP contribution in [0.3, 0.4) is 0 Å². The van der Waals surface area contributed by atoms with Crippen LogP contribution < -0.4 is 5.32 Å². The van der Waals surface area contributed by atoms with Crippen LogP contribution in [0, 0.1) is 11.7 Å². The molecule has 122 valence electrons. The number of carbonyl (C=O) groups excluding carboxylic acids is 1. The van der Waals surface area contributed by atoms with Gasteiger partial charge in [-0.25, -0.2) is 14.2 Å². The number of fused-ring (bicyclic) bond motifs is 1. The second-order valence-electron chi connectivity index (χ2n) is 6.09. The highest BCUT2D eigenvalue weighted by molar-refractivity contribution is 7.07. The molecule has 2 atom stereocenters. The molecule has 0 unspecified atom stereocenters. The lowest BCUT2D eigenvalue weighted by Crippen LogP contribution is -2.42. The molecule has 1 heterocycles. The molecule has 23 heavy (non-hydrogen) atoms. The predicted octanol–water partition coefficient (Wildman–Crippen LogP) is 3.75. The summed E-state index contributed by atoms with van der Waals surface area (Å²) in [6, 6.07) is 4.80. The maximum atomic E-state index is 14.0. The van der Waals surface area contributed by atoms with Gasteiger partial charge in [0.2, 0.25) is 0 Å². The molecule has 1 aromatic carbocycles. The Hall–Kier alpha value is -1.95. The third-order valence-electron chi connectivity index (χ3n) is 4.42. The Morgan fingerprint density at radius 2 is 2.35 bits per heavy atom. The van der Waals surface area contributed by atoms with Gasteiger partial charge >= 0.3 is 6.03 Å². The first-order valence-corrected chi connectivity index (χ1v) is 8.66. The molecule has 1 aromatic heterocycles. The Morgan fingerprint density at radius 1 is 1.52 bits per heavy atom. The summed E-state index contributed by atoms with van der Waals surface area (Å²) < 4.78 is 14.0. The van der Waals surface area contributed by atoms with Crippen LogP contribution in [0.25, 0.3) is 0 Å². The third-order valence-corrected chi connectivity index (χ3v) is 5.05. The molecular weight excluding hydrogens is 313 g/mol. The molecule has 0 aliphatic heterocycles. The fourth-order valence-corrected chi connectivity index (χ4v) is 3.62. The lowest BCUT2D eigenvalue weighted by molar-refractivity contribution is 0.195. The molecule has 0 fully saturated rings. The molecule has 0 bridgehead atoms. The Kier molecular flexibility index (Phi) is 4.61. The van der Waals surface area contributed by atoms with E-state index in [0.29, 0.717) is 6.54 Å². The zero-order chi connectivity index (χ0) is 16.4. The molecule has 2 aromatic rings. The van der Waals surface area contributed by atoms with Gasteiger partial charge in [0.05, 0.1) is 23.8 Å². The van der Waals surface area contributed by atoms with E-state index in [-0.39, 0.29) is 23.8 Å². The maximum Gasteiger partial charge on any atom is 0.317 e. The number of urea groups is 1. The average molecular weight is 333 g/mol. The number of hydrogen-bond acceptors (Lipinski definition) is 3. The fraction of sp³-hybridized carbons (Fsp3) is 0.412. The van der Waals surface area contributed by atoms with Crippen molar-refractivity contribution >= 4 is 17.4 Å². The number of amides is 2. The molecule has 4 nitrogen and oxygen atoms in total. The van der Waals surface area contributed by atoms with Crippen molar-refractivity contribution < 1.29 is 9.18 Å². The van der Waals surface area contributed by atoms with Gasteiger partial charge in [0.25, 0.3) is 0 Å². The Bertz CT molecular complexity index is 689. The van der Waals surface area contributed by atoms with Crippen molar-refractivity contribution in [3.05, 3.63) is 51.7 Å². The number of rotatable bonds is 3. The minimum absolute atomic E-state index is 0.153. The fourth-order valence-electron chi connectivity index (χ4n) is 3.07. The summed E-state index contributed by atoms with van der Waals surface area (Å²) in [6.45, 7) is 2.56. The number of aromatic nitrogens is 1. The van der Waals surface area contributed by atoms with Gasteiger partial charge < -0.3 is 10.2 Å². The number of hydrogen-bond donors (Lipinski definition) is 1. The van der Waals surface area contributed by atoms with Gasteiger partial charge in [-0.2, -0.15) is 0 Å². The van der Waals surface area contributed by atoms with Crippen molar-refractivity contribution in [3.8, 4) is 0 Å². The lowest BCUT2D eigenvalue weighted by Gasteiger charge is -2.33. The molecule has 1 aliphatic rings.